The molecule has 1 aliphatic heterocycles. The summed E-state index contributed by atoms with van der Waals surface area (Å²) in [5.41, 5.74) is 3.20. The molecule has 1 atom stereocenters. The zero-order valence-corrected chi connectivity index (χ0v) is 13.6. The maximum atomic E-state index is 12.1. The van der Waals surface area contributed by atoms with Gasteiger partial charge in [-0.3, -0.25) is 4.79 Å². The number of amides is 1. The van der Waals surface area contributed by atoms with Gasteiger partial charge in [0.1, 0.15) is 6.04 Å². The van der Waals surface area contributed by atoms with Crippen LogP contribution in [-0.2, 0) is 4.79 Å². The van der Waals surface area contributed by atoms with Crippen LogP contribution in [0.5, 0.6) is 0 Å². The summed E-state index contributed by atoms with van der Waals surface area (Å²) in [6, 6.07) is 6.58. The predicted molar refractivity (Wildman–Crippen MR) is 88.9 cm³/mol. The molecule has 0 aromatic heterocycles. The van der Waals surface area contributed by atoms with Crippen LogP contribution in [0.2, 0.25) is 0 Å². The Bertz CT molecular complexity index is 499. The highest BCUT2D eigenvalue weighted by molar-refractivity contribution is 6.03. The third-order valence-corrected chi connectivity index (χ3v) is 3.89. The lowest BCUT2D eigenvalue weighted by molar-refractivity contribution is -0.117. The minimum atomic E-state index is -0.201. The number of anilines is 2. The van der Waals surface area contributed by atoms with Crippen LogP contribution >= 0.6 is 0 Å². The summed E-state index contributed by atoms with van der Waals surface area (Å²) in [6.07, 6.45) is 2.14. The van der Waals surface area contributed by atoms with Gasteiger partial charge in [-0.1, -0.05) is 19.9 Å². The Morgan fingerprint density at radius 3 is 2.67 bits per heavy atom. The van der Waals surface area contributed by atoms with E-state index in [4.69, 9.17) is 0 Å². The van der Waals surface area contributed by atoms with Crippen molar-refractivity contribution in [1.82, 2.24) is 5.32 Å². The standard InChI is InChI=1S/C17H27N3O/c1-5-9-18-16-14-8-7-13(11-15(14)19-17(16)21)20(10-6-2)12(3)4/h7-8,11-12,16,18H,5-6,9-10H2,1-4H3,(H,19,21). The summed E-state index contributed by atoms with van der Waals surface area (Å²) in [4.78, 5) is 14.5. The average Bonchev–Trinajstić information content (AvgIpc) is 2.76. The summed E-state index contributed by atoms with van der Waals surface area (Å²) in [5, 5.41) is 6.31. The summed E-state index contributed by atoms with van der Waals surface area (Å²) >= 11 is 0. The van der Waals surface area contributed by atoms with Crippen LogP contribution in [0.4, 0.5) is 11.4 Å². The van der Waals surface area contributed by atoms with Crippen LogP contribution in [0, 0.1) is 0 Å². The fraction of sp³-hybridized carbons (Fsp3) is 0.588. The van der Waals surface area contributed by atoms with Crippen LogP contribution in [0.25, 0.3) is 0 Å². The minimum absolute atomic E-state index is 0.0576. The number of hydrogen-bond acceptors (Lipinski definition) is 3. The van der Waals surface area contributed by atoms with Crippen LogP contribution in [0.15, 0.2) is 18.2 Å². The Morgan fingerprint density at radius 2 is 2.05 bits per heavy atom. The van der Waals surface area contributed by atoms with Gasteiger partial charge in [0.2, 0.25) is 5.91 Å². The van der Waals surface area contributed by atoms with Crippen LogP contribution < -0.4 is 15.5 Å². The normalized spacial score (nSPS) is 17.0. The topological polar surface area (TPSA) is 44.4 Å². The van der Waals surface area contributed by atoms with Gasteiger partial charge in [-0.25, -0.2) is 0 Å². The van der Waals surface area contributed by atoms with Crippen LogP contribution in [0.1, 0.15) is 52.1 Å². The van der Waals surface area contributed by atoms with Crippen molar-refractivity contribution in [3.63, 3.8) is 0 Å². The second kappa shape index (κ2) is 6.94. The first-order valence-electron chi connectivity index (χ1n) is 8.03. The van der Waals surface area contributed by atoms with E-state index < -0.39 is 0 Å². The maximum Gasteiger partial charge on any atom is 0.246 e. The number of carbonyl (C=O) groups is 1. The molecule has 0 saturated carbocycles. The fourth-order valence-corrected chi connectivity index (χ4v) is 2.85. The van der Waals surface area contributed by atoms with E-state index >= 15 is 0 Å². The number of hydrogen-bond donors (Lipinski definition) is 2. The monoisotopic (exact) mass is 289 g/mol. The van der Waals surface area contributed by atoms with E-state index in [1.165, 1.54) is 5.69 Å². The molecule has 0 aliphatic carbocycles. The Morgan fingerprint density at radius 1 is 1.29 bits per heavy atom. The lowest BCUT2D eigenvalue weighted by Crippen LogP contribution is -2.31. The van der Waals surface area contributed by atoms with E-state index in [1.54, 1.807) is 0 Å². The Balaban J connectivity index is 2.24. The van der Waals surface area contributed by atoms with Crippen molar-refractivity contribution in [2.24, 2.45) is 0 Å². The van der Waals surface area contributed by atoms with Crippen molar-refractivity contribution < 1.29 is 4.79 Å². The number of rotatable bonds is 7. The van der Waals surface area contributed by atoms with Gasteiger partial charge in [-0.15, -0.1) is 0 Å². The van der Waals surface area contributed by atoms with Gasteiger partial charge in [0.05, 0.1) is 0 Å². The lowest BCUT2D eigenvalue weighted by Gasteiger charge is -2.29. The molecule has 116 valence electrons. The Hall–Kier alpha value is -1.55. The molecule has 1 aliphatic rings. The number of nitrogens with one attached hydrogen (secondary N) is 2. The largest absolute Gasteiger partial charge is 0.369 e. The van der Waals surface area contributed by atoms with E-state index in [9.17, 15) is 4.79 Å². The van der Waals surface area contributed by atoms with E-state index in [1.807, 2.05) is 0 Å². The molecule has 4 heteroatoms. The Labute approximate surface area is 127 Å². The fourth-order valence-electron chi connectivity index (χ4n) is 2.85. The number of fused-ring (bicyclic) bond motifs is 1. The number of benzene rings is 1. The molecule has 2 rings (SSSR count). The zero-order valence-electron chi connectivity index (χ0n) is 13.6. The SMILES string of the molecule is CCCNC1C(=O)Nc2cc(N(CCC)C(C)C)ccc21. The molecule has 4 nitrogen and oxygen atoms in total. The first-order valence-corrected chi connectivity index (χ1v) is 8.03. The molecule has 2 N–H and O–H groups in total. The Kier molecular flexibility index (Phi) is 5.23. The predicted octanol–water partition coefficient (Wildman–Crippen LogP) is 3.30. The van der Waals surface area contributed by atoms with Crippen LogP contribution in [-0.4, -0.2) is 25.0 Å². The van der Waals surface area contributed by atoms with Gasteiger partial charge < -0.3 is 15.5 Å². The molecule has 0 spiro atoms. The van der Waals surface area contributed by atoms with Crippen LogP contribution in [0.3, 0.4) is 0 Å². The molecule has 1 aromatic carbocycles. The van der Waals surface area contributed by atoms with Crippen molar-refractivity contribution in [3.8, 4) is 0 Å². The smallest absolute Gasteiger partial charge is 0.246 e. The van der Waals surface area contributed by atoms with Gasteiger partial charge in [-0.2, -0.15) is 0 Å². The quantitative estimate of drug-likeness (QED) is 0.809. The van der Waals surface area contributed by atoms with E-state index in [2.05, 4.69) is 61.4 Å². The highest BCUT2D eigenvalue weighted by atomic mass is 16.2. The third kappa shape index (κ3) is 3.38. The van der Waals surface area contributed by atoms with Crippen molar-refractivity contribution in [3.05, 3.63) is 23.8 Å². The summed E-state index contributed by atoms with van der Waals surface area (Å²) in [6.45, 7) is 10.6. The maximum absolute atomic E-state index is 12.1. The molecule has 0 saturated heterocycles. The van der Waals surface area contributed by atoms with Gasteiger partial charge in [0, 0.05) is 29.5 Å². The first kappa shape index (κ1) is 15.8. The minimum Gasteiger partial charge on any atom is -0.369 e. The highest BCUT2D eigenvalue weighted by Gasteiger charge is 2.30. The molecule has 0 radical (unpaired) electrons. The van der Waals surface area contributed by atoms with Crippen molar-refractivity contribution in [1.29, 1.82) is 0 Å². The van der Waals surface area contributed by atoms with Gasteiger partial charge in [0.25, 0.3) is 0 Å². The summed E-state index contributed by atoms with van der Waals surface area (Å²) in [5.74, 6) is 0.0576. The average molecular weight is 289 g/mol. The molecule has 1 heterocycles. The molecular formula is C17H27N3O. The highest BCUT2D eigenvalue weighted by Crippen LogP contribution is 2.34. The molecule has 21 heavy (non-hydrogen) atoms. The summed E-state index contributed by atoms with van der Waals surface area (Å²) < 4.78 is 0. The van der Waals surface area contributed by atoms with Crippen molar-refractivity contribution in [2.75, 3.05) is 23.3 Å². The molecule has 1 aromatic rings. The van der Waals surface area contributed by atoms with E-state index in [-0.39, 0.29) is 11.9 Å². The number of carbonyl (C=O) groups excluding carboxylic acids is 1. The zero-order chi connectivity index (χ0) is 15.4. The van der Waals surface area contributed by atoms with E-state index in [0.717, 1.165) is 37.2 Å². The second-order valence-corrected chi connectivity index (χ2v) is 5.94. The van der Waals surface area contributed by atoms with E-state index in [0.29, 0.717) is 6.04 Å². The van der Waals surface area contributed by atoms with Gasteiger partial charge in [0.15, 0.2) is 0 Å². The number of nitrogens with zero attached hydrogens (tertiary/aromatic N) is 1. The molecule has 0 fully saturated rings. The molecular weight excluding hydrogens is 262 g/mol. The van der Waals surface area contributed by atoms with Crippen molar-refractivity contribution in [2.45, 2.75) is 52.6 Å². The van der Waals surface area contributed by atoms with Crippen molar-refractivity contribution >= 4 is 17.3 Å². The summed E-state index contributed by atoms with van der Waals surface area (Å²) in [7, 11) is 0. The molecule has 1 unspecified atom stereocenters. The second-order valence-electron chi connectivity index (χ2n) is 5.94. The first-order chi connectivity index (χ1) is 10.1. The lowest BCUT2D eigenvalue weighted by atomic mass is 10.1. The third-order valence-electron chi connectivity index (χ3n) is 3.89. The molecule has 1 amide bonds. The van der Waals surface area contributed by atoms with Gasteiger partial charge >= 0.3 is 0 Å². The van der Waals surface area contributed by atoms with Gasteiger partial charge in [-0.05, 0) is 45.4 Å². The molecule has 0 bridgehead atoms.